The molecule has 2 aromatic carbocycles. The summed E-state index contributed by atoms with van der Waals surface area (Å²) in [5, 5.41) is 9.91. The van der Waals surface area contributed by atoms with Gasteiger partial charge in [-0.15, -0.1) is 0 Å². The molecule has 3 rings (SSSR count). The molecule has 34 heavy (non-hydrogen) atoms. The van der Waals surface area contributed by atoms with Crippen molar-refractivity contribution in [2.75, 3.05) is 26.7 Å². The van der Waals surface area contributed by atoms with Crippen molar-refractivity contribution >= 4 is 12.0 Å². The van der Waals surface area contributed by atoms with Crippen LogP contribution in [0.5, 0.6) is 0 Å². The zero-order valence-corrected chi connectivity index (χ0v) is 20.7. The normalized spacial score (nSPS) is 19.6. The zero-order valence-electron chi connectivity index (χ0n) is 20.7. The van der Waals surface area contributed by atoms with E-state index < -0.39 is 6.09 Å². The van der Waals surface area contributed by atoms with Crippen LogP contribution in [0, 0.1) is 5.92 Å². The summed E-state index contributed by atoms with van der Waals surface area (Å²) in [6.07, 6.45) is -0.977. The van der Waals surface area contributed by atoms with Crippen molar-refractivity contribution in [2.24, 2.45) is 5.92 Å². The Hall–Kier alpha value is -2.90. The quantitative estimate of drug-likeness (QED) is 0.712. The summed E-state index contributed by atoms with van der Waals surface area (Å²) < 4.78 is 11.7. The molecule has 0 aromatic heterocycles. The monoisotopic (exact) mass is 468 g/mol. The van der Waals surface area contributed by atoms with Gasteiger partial charge in [0.15, 0.2) is 0 Å². The van der Waals surface area contributed by atoms with Gasteiger partial charge in [-0.05, 0) is 43.5 Å². The Balaban J connectivity index is 2.02. The first-order valence-electron chi connectivity index (χ1n) is 11.8. The first-order chi connectivity index (χ1) is 16.2. The van der Waals surface area contributed by atoms with Crippen molar-refractivity contribution < 1.29 is 24.2 Å². The predicted molar refractivity (Wildman–Crippen MR) is 131 cm³/mol. The van der Waals surface area contributed by atoms with E-state index in [1.54, 1.807) is 11.9 Å². The van der Waals surface area contributed by atoms with Gasteiger partial charge in [-0.1, -0.05) is 49.4 Å². The van der Waals surface area contributed by atoms with Gasteiger partial charge < -0.3 is 24.4 Å². The number of likely N-dealkylation sites (N-methyl/N-ethyl adjacent to an activating group) is 1. The maximum atomic E-state index is 13.8. The lowest BCUT2D eigenvalue weighted by molar-refractivity contribution is -0.0245. The molecule has 3 atom stereocenters. The van der Waals surface area contributed by atoms with Gasteiger partial charge in [0.2, 0.25) is 0 Å². The smallest absolute Gasteiger partial charge is 0.409 e. The molecule has 0 radical (unpaired) electrons. The summed E-state index contributed by atoms with van der Waals surface area (Å²) in [5.41, 5.74) is 3.34. The van der Waals surface area contributed by atoms with Crippen LogP contribution in [-0.4, -0.2) is 71.9 Å². The molecule has 7 nitrogen and oxygen atoms in total. The Morgan fingerprint density at radius 1 is 1.12 bits per heavy atom. The number of carbonyl (C=O) groups excluding carboxylic acids is 2. The molecule has 0 saturated carbocycles. The maximum Gasteiger partial charge on any atom is 0.409 e. The van der Waals surface area contributed by atoms with E-state index in [9.17, 15) is 14.7 Å². The zero-order chi connectivity index (χ0) is 24.8. The highest BCUT2D eigenvalue weighted by Crippen LogP contribution is 2.31. The summed E-state index contributed by atoms with van der Waals surface area (Å²) in [6, 6.07) is 15.1. The van der Waals surface area contributed by atoms with Crippen LogP contribution in [-0.2, 0) is 16.1 Å². The van der Waals surface area contributed by atoms with Crippen molar-refractivity contribution in [3.63, 3.8) is 0 Å². The molecule has 0 saturated heterocycles. The minimum absolute atomic E-state index is 0.107. The molecular formula is C27H36N2O5. The number of ether oxygens (including phenoxy) is 2. The standard InChI is InChI=1S/C27H36N2O5/c1-18(2)34-27(32)28(5)15-25-19(3)14-29(20(4)16-30)26(31)24-13-9-8-12-23(24)22-11-7-6-10-21(22)17-33-25/h6-13,18-20,25,30H,14-17H2,1-5H3/t19-,20-,25+/m1/s1. The number of hydrogen-bond donors (Lipinski definition) is 1. The highest BCUT2D eigenvalue weighted by molar-refractivity contribution is 6.01. The highest BCUT2D eigenvalue weighted by Gasteiger charge is 2.31. The third kappa shape index (κ3) is 5.96. The van der Waals surface area contributed by atoms with Crippen molar-refractivity contribution in [3.8, 4) is 11.1 Å². The van der Waals surface area contributed by atoms with Gasteiger partial charge in [-0.3, -0.25) is 4.79 Å². The van der Waals surface area contributed by atoms with Crippen LogP contribution in [0.4, 0.5) is 4.79 Å². The molecule has 1 heterocycles. The number of nitrogens with zero attached hydrogens (tertiary/aromatic N) is 2. The average molecular weight is 469 g/mol. The first-order valence-corrected chi connectivity index (χ1v) is 11.8. The Labute approximate surface area is 202 Å². The summed E-state index contributed by atoms with van der Waals surface area (Å²) in [4.78, 5) is 29.4. The molecule has 0 spiro atoms. The molecular weight excluding hydrogens is 432 g/mol. The fourth-order valence-corrected chi connectivity index (χ4v) is 4.19. The van der Waals surface area contributed by atoms with Gasteiger partial charge in [0.05, 0.1) is 38.0 Å². The number of aliphatic hydroxyl groups excluding tert-OH is 1. The summed E-state index contributed by atoms with van der Waals surface area (Å²) in [7, 11) is 1.69. The predicted octanol–water partition coefficient (Wildman–Crippen LogP) is 4.19. The largest absolute Gasteiger partial charge is 0.447 e. The lowest BCUT2D eigenvalue weighted by Gasteiger charge is -2.35. The molecule has 2 amide bonds. The second kappa shape index (κ2) is 11.5. The van der Waals surface area contributed by atoms with Crippen LogP contribution in [0.3, 0.4) is 0 Å². The molecule has 0 bridgehead atoms. The molecule has 184 valence electrons. The lowest BCUT2D eigenvalue weighted by atomic mass is 9.94. The summed E-state index contributed by atoms with van der Waals surface area (Å²) >= 11 is 0. The van der Waals surface area contributed by atoms with Crippen LogP contribution in [0.25, 0.3) is 11.1 Å². The first kappa shape index (κ1) is 25.7. The summed E-state index contributed by atoms with van der Waals surface area (Å²) in [6.45, 7) is 8.35. The second-order valence-corrected chi connectivity index (χ2v) is 9.33. The van der Waals surface area contributed by atoms with Crippen molar-refractivity contribution in [3.05, 3.63) is 59.7 Å². The second-order valence-electron chi connectivity index (χ2n) is 9.33. The SMILES string of the molecule is CC(C)OC(=O)N(C)C[C@@H]1OCc2ccccc2-c2ccccc2C(=O)N([C@H](C)CO)C[C@H]1C. The van der Waals surface area contributed by atoms with Gasteiger partial charge >= 0.3 is 6.09 Å². The molecule has 1 N–H and O–H groups in total. The van der Waals surface area contributed by atoms with Gasteiger partial charge in [-0.2, -0.15) is 0 Å². The fraction of sp³-hybridized carbons (Fsp3) is 0.481. The van der Waals surface area contributed by atoms with E-state index >= 15 is 0 Å². The number of fused-ring (bicyclic) bond motifs is 3. The number of aliphatic hydroxyl groups is 1. The van der Waals surface area contributed by atoms with Crippen molar-refractivity contribution in [1.29, 1.82) is 0 Å². The minimum Gasteiger partial charge on any atom is -0.447 e. The lowest BCUT2D eigenvalue weighted by Crippen LogP contribution is -2.47. The Kier molecular flexibility index (Phi) is 8.69. The average Bonchev–Trinajstić information content (AvgIpc) is 2.84. The number of benzene rings is 2. The van der Waals surface area contributed by atoms with E-state index in [0.717, 1.165) is 16.7 Å². The number of hydrogen-bond acceptors (Lipinski definition) is 5. The van der Waals surface area contributed by atoms with E-state index in [4.69, 9.17) is 9.47 Å². The molecule has 7 heteroatoms. The number of carbonyl (C=O) groups is 2. The molecule has 0 unspecified atom stereocenters. The molecule has 0 fully saturated rings. The van der Waals surface area contributed by atoms with E-state index in [1.165, 1.54) is 4.90 Å². The third-order valence-electron chi connectivity index (χ3n) is 6.20. The van der Waals surface area contributed by atoms with Crippen molar-refractivity contribution in [1.82, 2.24) is 9.80 Å². The van der Waals surface area contributed by atoms with E-state index in [1.807, 2.05) is 76.2 Å². The Bertz CT molecular complexity index is 992. The van der Waals surface area contributed by atoms with Gasteiger partial charge in [-0.25, -0.2) is 4.79 Å². The Morgan fingerprint density at radius 2 is 1.74 bits per heavy atom. The van der Waals surface area contributed by atoms with E-state index in [0.29, 0.717) is 25.3 Å². The highest BCUT2D eigenvalue weighted by atomic mass is 16.6. The van der Waals surface area contributed by atoms with E-state index in [2.05, 4.69) is 0 Å². The van der Waals surface area contributed by atoms with Gasteiger partial charge in [0, 0.05) is 25.1 Å². The van der Waals surface area contributed by atoms with Crippen LogP contribution in [0.2, 0.25) is 0 Å². The molecule has 0 aliphatic carbocycles. The van der Waals surface area contributed by atoms with Crippen molar-refractivity contribution in [2.45, 2.75) is 52.6 Å². The van der Waals surface area contributed by atoms with E-state index in [-0.39, 0.29) is 36.7 Å². The fourth-order valence-electron chi connectivity index (χ4n) is 4.19. The third-order valence-corrected chi connectivity index (χ3v) is 6.20. The van der Waals surface area contributed by atoms with Crippen LogP contribution in [0.1, 0.15) is 43.6 Å². The van der Waals surface area contributed by atoms with Crippen LogP contribution < -0.4 is 0 Å². The van der Waals surface area contributed by atoms with Gasteiger partial charge in [0.25, 0.3) is 5.91 Å². The molecule has 1 aliphatic heterocycles. The maximum absolute atomic E-state index is 13.8. The summed E-state index contributed by atoms with van der Waals surface area (Å²) in [5.74, 6) is -0.239. The van der Waals surface area contributed by atoms with Crippen LogP contribution >= 0.6 is 0 Å². The number of amides is 2. The molecule has 1 aliphatic rings. The van der Waals surface area contributed by atoms with Gasteiger partial charge in [0.1, 0.15) is 0 Å². The molecule has 2 aromatic rings. The topological polar surface area (TPSA) is 79.3 Å². The number of rotatable bonds is 5. The Morgan fingerprint density at radius 3 is 2.38 bits per heavy atom. The minimum atomic E-state index is -0.412. The van der Waals surface area contributed by atoms with Crippen LogP contribution in [0.15, 0.2) is 48.5 Å².